The van der Waals surface area contributed by atoms with Gasteiger partial charge in [0.05, 0.1) is 4.88 Å². The largest absolute Gasteiger partial charge is 0.355 e. The molecule has 3 heterocycles. The Kier molecular flexibility index (Phi) is 4.21. The Labute approximate surface area is 138 Å². The Morgan fingerprint density at radius 1 is 1.52 bits per heavy atom. The average molecular weight is 333 g/mol. The van der Waals surface area contributed by atoms with Crippen molar-refractivity contribution in [3.63, 3.8) is 0 Å². The van der Waals surface area contributed by atoms with Gasteiger partial charge in [-0.15, -0.1) is 11.3 Å². The molecule has 7 heteroatoms. The summed E-state index contributed by atoms with van der Waals surface area (Å²) < 4.78 is 5.23. The number of rotatable bonds is 5. The van der Waals surface area contributed by atoms with Gasteiger partial charge in [-0.05, 0) is 24.3 Å². The van der Waals surface area contributed by atoms with Crippen molar-refractivity contribution in [2.45, 2.75) is 32.7 Å². The fraction of sp³-hybridized carbons (Fsp3) is 0.438. The normalized spacial score (nSPS) is 19.6. The van der Waals surface area contributed by atoms with Crippen LogP contribution in [0, 0.1) is 5.41 Å². The fourth-order valence-corrected chi connectivity index (χ4v) is 3.67. The van der Waals surface area contributed by atoms with Gasteiger partial charge in [0.15, 0.2) is 11.5 Å². The zero-order chi connectivity index (χ0) is 16.4. The molecule has 2 amide bonds. The highest BCUT2D eigenvalue weighted by atomic mass is 32.1. The van der Waals surface area contributed by atoms with Crippen molar-refractivity contribution in [3.8, 4) is 10.6 Å². The Balaban J connectivity index is 1.77. The van der Waals surface area contributed by atoms with E-state index in [-0.39, 0.29) is 22.9 Å². The van der Waals surface area contributed by atoms with Gasteiger partial charge in [-0.1, -0.05) is 25.1 Å². The van der Waals surface area contributed by atoms with Crippen molar-refractivity contribution in [3.05, 3.63) is 29.3 Å². The molecule has 1 fully saturated rings. The van der Waals surface area contributed by atoms with E-state index in [0.717, 1.165) is 17.7 Å². The third-order valence-electron chi connectivity index (χ3n) is 4.68. The fourth-order valence-electron chi connectivity index (χ4n) is 2.99. The summed E-state index contributed by atoms with van der Waals surface area (Å²) in [6, 6.07) is 4.87. The summed E-state index contributed by atoms with van der Waals surface area (Å²) in [5, 5.41) is 11.4. The number of amides is 2. The van der Waals surface area contributed by atoms with Gasteiger partial charge in [-0.25, -0.2) is 0 Å². The van der Waals surface area contributed by atoms with Crippen LogP contribution in [-0.4, -0.2) is 29.6 Å². The molecular weight excluding hydrogens is 314 g/mol. The van der Waals surface area contributed by atoms with Crippen molar-refractivity contribution < 1.29 is 14.1 Å². The first-order valence-corrected chi connectivity index (χ1v) is 8.57. The lowest BCUT2D eigenvalue weighted by Crippen LogP contribution is -2.49. The molecule has 0 aliphatic carbocycles. The smallest absolute Gasteiger partial charge is 0.274 e. The van der Waals surface area contributed by atoms with Crippen LogP contribution in [0.2, 0.25) is 0 Å². The van der Waals surface area contributed by atoms with E-state index in [9.17, 15) is 9.59 Å². The van der Waals surface area contributed by atoms with Crippen LogP contribution in [0.1, 0.15) is 37.2 Å². The van der Waals surface area contributed by atoms with Crippen LogP contribution in [0.15, 0.2) is 28.1 Å². The van der Waals surface area contributed by atoms with Crippen molar-refractivity contribution in [2.24, 2.45) is 5.41 Å². The van der Waals surface area contributed by atoms with Gasteiger partial charge in [0.25, 0.3) is 5.91 Å². The lowest BCUT2D eigenvalue weighted by atomic mass is 9.77. The highest BCUT2D eigenvalue weighted by molar-refractivity contribution is 7.13. The van der Waals surface area contributed by atoms with E-state index in [1.165, 1.54) is 11.3 Å². The molecule has 0 bridgehead atoms. The molecule has 0 radical (unpaired) electrons. The number of thiophene rings is 1. The second kappa shape index (κ2) is 6.16. The second-order valence-corrected chi connectivity index (χ2v) is 6.70. The molecule has 3 rings (SSSR count). The van der Waals surface area contributed by atoms with Crippen LogP contribution in [-0.2, 0) is 4.79 Å². The SMILES string of the molecule is CCC1(CC)CNC(=O)C1NC(=O)c1cc(-c2cccs2)on1. The van der Waals surface area contributed by atoms with E-state index in [2.05, 4.69) is 15.8 Å². The third kappa shape index (κ3) is 2.76. The molecule has 1 saturated heterocycles. The van der Waals surface area contributed by atoms with Gasteiger partial charge >= 0.3 is 0 Å². The van der Waals surface area contributed by atoms with Crippen molar-refractivity contribution in [1.29, 1.82) is 0 Å². The summed E-state index contributed by atoms with van der Waals surface area (Å²) in [6.07, 6.45) is 1.62. The second-order valence-electron chi connectivity index (χ2n) is 5.75. The van der Waals surface area contributed by atoms with Gasteiger partial charge < -0.3 is 15.2 Å². The van der Waals surface area contributed by atoms with Crippen LogP contribution in [0.4, 0.5) is 0 Å². The highest BCUT2D eigenvalue weighted by Gasteiger charge is 2.46. The van der Waals surface area contributed by atoms with Crippen LogP contribution in [0.3, 0.4) is 0 Å². The number of carbonyl (C=O) groups is 2. The summed E-state index contributed by atoms with van der Waals surface area (Å²) >= 11 is 1.51. The molecule has 2 aromatic heterocycles. The lowest BCUT2D eigenvalue weighted by Gasteiger charge is -2.30. The van der Waals surface area contributed by atoms with Crippen LogP contribution in [0.25, 0.3) is 10.6 Å². The van der Waals surface area contributed by atoms with Crippen LogP contribution < -0.4 is 10.6 Å². The van der Waals surface area contributed by atoms with Gasteiger partial charge in [0.2, 0.25) is 5.91 Å². The molecule has 2 aromatic rings. The maximum atomic E-state index is 12.4. The lowest BCUT2D eigenvalue weighted by molar-refractivity contribution is -0.121. The predicted octanol–water partition coefficient (Wildman–Crippen LogP) is 2.44. The Hall–Kier alpha value is -2.15. The predicted molar refractivity (Wildman–Crippen MR) is 87.1 cm³/mol. The standard InChI is InChI=1S/C16H19N3O3S/c1-3-16(4-2)9-17-15(21)13(16)18-14(20)10-8-11(22-19-10)12-6-5-7-23-12/h5-8,13H,3-4,9H2,1-2H3,(H,17,21)(H,18,20). The number of nitrogens with one attached hydrogen (secondary N) is 2. The average Bonchev–Trinajstić information content (AvgIpc) is 3.28. The molecule has 0 saturated carbocycles. The van der Waals surface area contributed by atoms with Gasteiger partial charge in [0, 0.05) is 18.0 Å². The third-order valence-corrected chi connectivity index (χ3v) is 5.56. The quantitative estimate of drug-likeness (QED) is 0.880. The Morgan fingerprint density at radius 3 is 2.96 bits per heavy atom. The number of hydrogen-bond donors (Lipinski definition) is 2. The number of aromatic nitrogens is 1. The first-order chi connectivity index (χ1) is 11.1. The highest BCUT2D eigenvalue weighted by Crippen LogP contribution is 2.34. The van der Waals surface area contributed by atoms with Gasteiger partial charge in [-0.2, -0.15) is 0 Å². The monoisotopic (exact) mass is 333 g/mol. The molecule has 0 spiro atoms. The summed E-state index contributed by atoms with van der Waals surface area (Å²) in [7, 11) is 0. The number of nitrogens with zero attached hydrogens (tertiary/aromatic N) is 1. The first kappa shape index (κ1) is 15.7. The minimum Gasteiger partial charge on any atom is -0.355 e. The molecule has 23 heavy (non-hydrogen) atoms. The van der Waals surface area contributed by atoms with E-state index in [1.807, 2.05) is 31.4 Å². The molecule has 2 N–H and O–H groups in total. The molecule has 1 atom stereocenters. The van der Waals surface area contributed by atoms with E-state index in [1.54, 1.807) is 6.07 Å². The Morgan fingerprint density at radius 2 is 2.30 bits per heavy atom. The maximum absolute atomic E-state index is 12.4. The molecule has 0 aromatic carbocycles. The van der Waals surface area contributed by atoms with E-state index in [4.69, 9.17) is 4.52 Å². The van der Waals surface area contributed by atoms with E-state index < -0.39 is 6.04 Å². The summed E-state index contributed by atoms with van der Waals surface area (Å²) in [5.74, 6) is 0.0344. The van der Waals surface area contributed by atoms with Gasteiger partial charge in [-0.3, -0.25) is 9.59 Å². The van der Waals surface area contributed by atoms with E-state index in [0.29, 0.717) is 12.3 Å². The van der Waals surface area contributed by atoms with Crippen molar-refractivity contribution >= 4 is 23.2 Å². The van der Waals surface area contributed by atoms with Crippen LogP contribution >= 0.6 is 11.3 Å². The summed E-state index contributed by atoms with van der Waals surface area (Å²) in [4.78, 5) is 25.4. The first-order valence-electron chi connectivity index (χ1n) is 7.69. The van der Waals surface area contributed by atoms with E-state index >= 15 is 0 Å². The zero-order valence-electron chi connectivity index (χ0n) is 13.1. The topological polar surface area (TPSA) is 84.2 Å². The molecular formula is C16H19N3O3S. The molecule has 1 aliphatic heterocycles. The zero-order valence-corrected chi connectivity index (χ0v) is 13.9. The maximum Gasteiger partial charge on any atom is 0.274 e. The molecule has 6 nitrogen and oxygen atoms in total. The van der Waals surface area contributed by atoms with Crippen LogP contribution in [0.5, 0.6) is 0 Å². The minimum absolute atomic E-state index is 0.135. The minimum atomic E-state index is -0.535. The van der Waals surface area contributed by atoms with Gasteiger partial charge in [0.1, 0.15) is 6.04 Å². The van der Waals surface area contributed by atoms with Crippen molar-refractivity contribution in [2.75, 3.05) is 6.54 Å². The number of carbonyl (C=O) groups excluding carboxylic acids is 2. The molecule has 1 unspecified atom stereocenters. The Bertz CT molecular complexity index is 704. The van der Waals surface area contributed by atoms with Crippen molar-refractivity contribution in [1.82, 2.24) is 15.8 Å². The molecule has 122 valence electrons. The number of hydrogen-bond acceptors (Lipinski definition) is 5. The molecule has 1 aliphatic rings. The summed E-state index contributed by atoms with van der Waals surface area (Å²) in [5.41, 5.74) is -0.0539. The summed E-state index contributed by atoms with van der Waals surface area (Å²) in [6.45, 7) is 4.66.